The molecule has 2 fully saturated rings. The first-order valence-corrected chi connectivity index (χ1v) is 12.6. The molecule has 0 atom stereocenters. The van der Waals surface area contributed by atoms with Crippen molar-refractivity contribution in [3.8, 4) is 5.75 Å². The maximum Gasteiger partial charge on any atom is 0.247 e. The Hall–Kier alpha value is -3.66. The highest BCUT2D eigenvalue weighted by molar-refractivity contribution is 6.33. The molecule has 1 saturated heterocycles. The molecule has 0 radical (unpaired) electrons. The molecule has 3 aromatic rings. The number of hydrogen-bond donors (Lipinski definition) is 2. The quantitative estimate of drug-likeness (QED) is 0.369. The van der Waals surface area contributed by atoms with Gasteiger partial charge in [0.2, 0.25) is 11.9 Å². The van der Waals surface area contributed by atoms with E-state index in [1.165, 1.54) is 6.08 Å². The number of nitrogens with zero attached hydrogens (tertiary/aromatic N) is 4. The highest BCUT2D eigenvalue weighted by Crippen LogP contribution is 2.45. The first-order valence-electron chi connectivity index (χ1n) is 12.2. The SMILES string of the molecule is C=CC(=O)Nc1ccc(C2CC2)c(Nc2ncc(Cl)c(N(c3ccccc3OC)N3CCOCC3)n2)c1. The van der Waals surface area contributed by atoms with Crippen LogP contribution < -0.4 is 20.4 Å². The fourth-order valence-electron chi connectivity index (χ4n) is 4.33. The van der Waals surface area contributed by atoms with Crippen molar-refractivity contribution in [1.29, 1.82) is 0 Å². The molecule has 2 heterocycles. The zero-order chi connectivity index (χ0) is 25.8. The first kappa shape index (κ1) is 25.0. The van der Waals surface area contributed by atoms with Gasteiger partial charge in [0.05, 0.1) is 26.5 Å². The fourth-order valence-corrected chi connectivity index (χ4v) is 4.50. The Morgan fingerprint density at radius 1 is 1.24 bits per heavy atom. The number of benzene rings is 2. The second-order valence-corrected chi connectivity index (χ2v) is 9.22. The van der Waals surface area contributed by atoms with Gasteiger partial charge in [0.1, 0.15) is 16.5 Å². The van der Waals surface area contributed by atoms with E-state index in [-0.39, 0.29) is 5.91 Å². The third-order valence-electron chi connectivity index (χ3n) is 6.28. The molecule has 1 amide bonds. The average Bonchev–Trinajstić information content (AvgIpc) is 3.77. The van der Waals surface area contributed by atoms with Gasteiger partial charge in [0, 0.05) is 24.5 Å². The summed E-state index contributed by atoms with van der Waals surface area (Å²) in [4.78, 5) is 21.2. The van der Waals surface area contributed by atoms with Crippen LogP contribution in [0.1, 0.15) is 24.3 Å². The molecule has 0 spiro atoms. The minimum absolute atomic E-state index is 0.270. The molecule has 5 rings (SSSR count). The first-order chi connectivity index (χ1) is 18.1. The van der Waals surface area contributed by atoms with Crippen molar-refractivity contribution in [1.82, 2.24) is 15.0 Å². The number of hydrogen-bond acceptors (Lipinski definition) is 8. The van der Waals surface area contributed by atoms with Crippen LogP contribution in [0.2, 0.25) is 5.02 Å². The minimum Gasteiger partial charge on any atom is -0.495 e. The van der Waals surface area contributed by atoms with E-state index < -0.39 is 0 Å². The number of carbonyl (C=O) groups excluding carboxylic acids is 1. The van der Waals surface area contributed by atoms with Gasteiger partial charge in [-0.25, -0.2) is 9.99 Å². The lowest BCUT2D eigenvalue weighted by atomic mass is 10.1. The van der Waals surface area contributed by atoms with E-state index in [4.69, 9.17) is 26.1 Å². The Bertz CT molecular complexity index is 1290. The Balaban J connectivity index is 1.53. The molecule has 1 aromatic heterocycles. The molecule has 37 heavy (non-hydrogen) atoms. The molecule has 0 unspecified atom stereocenters. The van der Waals surface area contributed by atoms with Gasteiger partial charge in [0.15, 0.2) is 5.82 Å². The molecule has 1 aliphatic carbocycles. The summed E-state index contributed by atoms with van der Waals surface area (Å²) in [6, 6.07) is 13.6. The summed E-state index contributed by atoms with van der Waals surface area (Å²) in [5.74, 6) is 1.81. The summed E-state index contributed by atoms with van der Waals surface area (Å²) in [6.45, 7) is 6.04. The molecule has 1 saturated carbocycles. The normalized spacial score (nSPS) is 15.6. The third-order valence-corrected chi connectivity index (χ3v) is 6.55. The number of amides is 1. The summed E-state index contributed by atoms with van der Waals surface area (Å²) in [5.41, 5.74) is 3.47. The van der Waals surface area contributed by atoms with Gasteiger partial charge < -0.3 is 20.1 Å². The Morgan fingerprint density at radius 3 is 2.76 bits per heavy atom. The summed E-state index contributed by atoms with van der Waals surface area (Å²) in [7, 11) is 1.64. The standard InChI is InChI=1S/C27H29ClN6O3/c1-3-25(35)30-19-10-11-20(18-8-9-18)22(16-19)31-27-29-17-21(28)26(32-27)34(33-12-14-37-15-13-33)23-6-4-5-7-24(23)36-2/h3-7,10-11,16-18H,1,8-9,12-15H2,2H3,(H,30,35)(H,29,31,32). The van der Waals surface area contributed by atoms with Crippen LogP contribution in [0.4, 0.5) is 28.8 Å². The van der Waals surface area contributed by atoms with Crippen molar-refractivity contribution in [2.75, 3.05) is 49.1 Å². The minimum atomic E-state index is -0.270. The molecular weight excluding hydrogens is 492 g/mol. The topological polar surface area (TPSA) is 91.9 Å². The number of para-hydroxylation sites is 2. The van der Waals surface area contributed by atoms with Gasteiger partial charge in [0.25, 0.3) is 0 Å². The van der Waals surface area contributed by atoms with Crippen LogP contribution in [0.25, 0.3) is 0 Å². The van der Waals surface area contributed by atoms with Gasteiger partial charge in [-0.2, -0.15) is 4.98 Å². The van der Waals surface area contributed by atoms with E-state index in [2.05, 4.69) is 27.2 Å². The number of ether oxygens (including phenoxy) is 2. The zero-order valence-electron chi connectivity index (χ0n) is 20.6. The number of hydrazine groups is 1. The predicted molar refractivity (Wildman–Crippen MR) is 145 cm³/mol. The van der Waals surface area contributed by atoms with Crippen molar-refractivity contribution in [3.05, 3.63) is 71.9 Å². The highest BCUT2D eigenvalue weighted by atomic mass is 35.5. The van der Waals surface area contributed by atoms with Gasteiger partial charge in [-0.1, -0.05) is 36.4 Å². The van der Waals surface area contributed by atoms with Gasteiger partial charge >= 0.3 is 0 Å². The van der Waals surface area contributed by atoms with E-state index in [0.717, 1.165) is 29.8 Å². The Labute approximate surface area is 221 Å². The van der Waals surface area contributed by atoms with Crippen molar-refractivity contribution >= 4 is 46.3 Å². The van der Waals surface area contributed by atoms with Crippen LogP contribution in [0.3, 0.4) is 0 Å². The van der Waals surface area contributed by atoms with E-state index in [0.29, 0.717) is 60.4 Å². The summed E-state index contributed by atoms with van der Waals surface area (Å²) in [5, 5.41) is 10.7. The lowest BCUT2D eigenvalue weighted by Crippen LogP contribution is -2.47. The van der Waals surface area contributed by atoms with Crippen molar-refractivity contribution in [2.24, 2.45) is 0 Å². The smallest absolute Gasteiger partial charge is 0.247 e. The molecule has 0 bridgehead atoms. The van der Waals surface area contributed by atoms with E-state index in [1.807, 2.05) is 47.5 Å². The molecule has 192 valence electrons. The number of morpholine rings is 1. The number of halogens is 1. The third kappa shape index (κ3) is 5.69. The van der Waals surface area contributed by atoms with E-state index in [9.17, 15) is 4.79 Å². The second kappa shape index (κ2) is 11.2. The van der Waals surface area contributed by atoms with Crippen molar-refractivity contribution < 1.29 is 14.3 Å². The molecule has 2 N–H and O–H groups in total. The molecule has 2 aromatic carbocycles. The fraction of sp³-hybridized carbons (Fsp3) is 0.296. The number of anilines is 5. The van der Waals surface area contributed by atoms with Gasteiger partial charge in [-0.15, -0.1) is 0 Å². The Morgan fingerprint density at radius 2 is 2.03 bits per heavy atom. The highest BCUT2D eigenvalue weighted by Gasteiger charge is 2.29. The molecular formula is C27H29ClN6O3. The molecule has 1 aliphatic heterocycles. The number of aromatic nitrogens is 2. The summed E-state index contributed by atoms with van der Waals surface area (Å²) < 4.78 is 11.2. The lowest BCUT2D eigenvalue weighted by Gasteiger charge is -2.38. The molecule has 10 heteroatoms. The summed E-state index contributed by atoms with van der Waals surface area (Å²) in [6.07, 6.45) is 5.08. The molecule has 9 nitrogen and oxygen atoms in total. The van der Waals surface area contributed by atoms with E-state index >= 15 is 0 Å². The number of rotatable bonds is 9. The number of nitrogens with one attached hydrogen (secondary N) is 2. The van der Waals surface area contributed by atoms with Crippen LogP contribution in [0, 0.1) is 0 Å². The average molecular weight is 521 g/mol. The monoisotopic (exact) mass is 520 g/mol. The summed E-state index contributed by atoms with van der Waals surface area (Å²) >= 11 is 6.70. The van der Waals surface area contributed by atoms with Crippen LogP contribution in [0.15, 0.2) is 61.3 Å². The molecule has 2 aliphatic rings. The van der Waals surface area contributed by atoms with Crippen LogP contribution >= 0.6 is 11.6 Å². The van der Waals surface area contributed by atoms with E-state index in [1.54, 1.807) is 13.3 Å². The maximum atomic E-state index is 11.9. The lowest BCUT2D eigenvalue weighted by molar-refractivity contribution is -0.111. The Kier molecular flexibility index (Phi) is 7.55. The maximum absolute atomic E-state index is 11.9. The van der Waals surface area contributed by atoms with Gasteiger partial charge in [-0.05, 0) is 54.7 Å². The van der Waals surface area contributed by atoms with Crippen LogP contribution in [-0.2, 0) is 9.53 Å². The number of carbonyl (C=O) groups is 1. The second-order valence-electron chi connectivity index (χ2n) is 8.81. The van der Waals surface area contributed by atoms with Gasteiger partial charge in [-0.3, -0.25) is 9.80 Å². The van der Waals surface area contributed by atoms with Crippen molar-refractivity contribution in [2.45, 2.75) is 18.8 Å². The largest absolute Gasteiger partial charge is 0.495 e. The van der Waals surface area contributed by atoms with Crippen LogP contribution in [0.5, 0.6) is 5.75 Å². The predicted octanol–water partition coefficient (Wildman–Crippen LogP) is 5.27. The van der Waals surface area contributed by atoms with Crippen LogP contribution in [-0.4, -0.2) is 54.3 Å². The zero-order valence-corrected chi connectivity index (χ0v) is 21.4. The number of methoxy groups -OCH3 is 1. The van der Waals surface area contributed by atoms with Crippen molar-refractivity contribution in [3.63, 3.8) is 0 Å².